The highest BCUT2D eigenvalue weighted by molar-refractivity contribution is 5.16. The van der Waals surface area contributed by atoms with E-state index in [-0.39, 0.29) is 0 Å². The molecule has 0 unspecified atom stereocenters. The number of nitrogens with one attached hydrogen (secondary N) is 1. The first kappa shape index (κ1) is 15.6. The second-order valence-corrected chi connectivity index (χ2v) is 6.40. The van der Waals surface area contributed by atoms with Gasteiger partial charge in [0.2, 0.25) is 0 Å². The van der Waals surface area contributed by atoms with Crippen molar-refractivity contribution >= 4 is 0 Å². The molecule has 1 saturated heterocycles. The minimum absolute atomic E-state index is 0.828. The lowest BCUT2D eigenvalue weighted by Crippen LogP contribution is -2.35. The van der Waals surface area contributed by atoms with E-state index in [1.54, 1.807) is 0 Å². The molecule has 114 valence electrons. The highest BCUT2D eigenvalue weighted by Crippen LogP contribution is 2.25. The third kappa shape index (κ3) is 4.35. The predicted molar refractivity (Wildman–Crippen MR) is 83.5 cm³/mol. The Morgan fingerprint density at radius 2 is 2.10 bits per heavy atom. The minimum atomic E-state index is 0.828. The van der Waals surface area contributed by atoms with Crippen molar-refractivity contribution < 1.29 is 4.42 Å². The fourth-order valence-electron chi connectivity index (χ4n) is 3.04. The molecule has 2 heterocycles. The summed E-state index contributed by atoms with van der Waals surface area (Å²) in [6.07, 6.45) is 5.68. The van der Waals surface area contributed by atoms with E-state index < -0.39 is 0 Å². The first-order valence-electron chi connectivity index (χ1n) is 8.19. The molecule has 0 aromatic carbocycles. The number of furan rings is 1. The van der Waals surface area contributed by atoms with Gasteiger partial charge in [-0.1, -0.05) is 20.8 Å². The highest BCUT2D eigenvalue weighted by Gasteiger charge is 2.22. The maximum absolute atomic E-state index is 5.69. The van der Waals surface area contributed by atoms with Crippen LogP contribution in [0.1, 0.15) is 51.4 Å². The molecule has 0 bridgehead atoms. The lowest BCUT2D eigenvalue weighted by atomic mass is 9.87. The second-order valence-electron chi connectivity index (χ2n) is 6.40. The van der Waals surface area contributed by atoms with Gasteiger partial charge in [-0.15, -0.1) is 0 Å². The fraction of sp³-hybridized carbons (Fsp3) is 0.765. The van der Waals surface area contributed by atoms with Gasteiger partial charge in [-0.05, 0) is 56.8 Å². The van der Waals surface area contributed by atoms with E-state index in [0.29, 0.717) is 0 Å². The van der Waals surface area contributed by atoms with E-state index in [9.17, 15) is 0 Å². The second kappa shape index (κ2) is 7.84. The molecule has 0 radical (unpaired) electrons. The van der Waals surface area contributed by atoms with Crippen LogP contribution in [0.4, 0.5) is 0 Å². The highest BCUT2D eigenvalue weighted by atomic mass is 16.3. The largest absolute Gasteiger partial charge is 0.468 e. The number of piperidine rings is 1. The smallest absolute Gasteiger partial charge is 0.122 e. The van der Waals surface area contributed by atoms with Gasteiger partial charge in [0.25, 0.3) is 0 Å². The molecule has 1 aliphatic rings. The summed E-state index contributed by atoms with van der Waals surface area (Å²) >= 11 is 0. The standard InChI is InChI=1S/C17H30N2O/c1-4-8-18-12-16-7-11-20-17(16)13-19-9-5-15(6-10-19)14(2)3/h7,11,14-15,18H,4-6,8-10,12-13H2,1-3H3. The molecule has 3 nitrogen and oxygen atoms in total. The monoisotopic (exact) mass is 278 g/mol. The third-order valence-electron chi connectivity index (χ3n) is 4.52. The van der Waals surface area contributed by atoms with E-state index in [0.717, 1.165) is 37.2 Å². The van der Waals surface area contributed by atoms with Gasteiger partial charge in [0.1, 0.15) is 5.76 Å². The molecule has 0 amide bonds. The summed E-state index contributed by atoms with van der Waals surface area (Å²) in [6.45, 7) is 12.3. The molecule has 3 heteroatoms. The molecule has 0 spiro atoms. The SMILES string of the molecule is CCCNCc1ccoc1CN1CCC(C(C)C)CC1. The van der Waals surface area contributed by atoms with Gasteiger partial charge < -0.3 is 9.73 Å². The first-order valence-corrected chi connectivity index (χ1v) is 8.19. The zero-order valence-corrected chi connectivity index (χ0v) is 13.3. The molecule has 1 fully saturated rings. The lowest BCUT2D eigenvalue weighted by Gasteiger charge is -2.33. The maximum Gasteiger partial charge on any atom is 0.122 e. The van der Waals surface area contributed by atoms with Gasteiger partial charge in [0.15, 0.2) is 0 Å². The minimum Gasteiger partial charge on any atom is -0.468 e. The van der Waals surface area contributed by atoms with Crippen LogP contribution in [0, 0.1) is 11.8 Å². The molecule has 1 N–H and O–H groups in total. The van der Waals surface area contributed by atoms with Crippen LogP contribution in [0.25, 0.3) is 0 Å². The van der Waals surface area contributed by atoms with E-state index in [1.807, 2.05) is 6.26 Å². The molecule has 0 atom stereocenters. The number of nitrogens with zero attached hydrogens (tertiary/aromatic N) is 1. The Balaban J connectivity index is 1.81. The van der Waals surface area contributed by atoms with Crippen molar-refractivity contribution in [3.05, 3.63) is 23.7 Å². The molecule has 0 aliphatic carbocycles. The Bertz CT molecular complexity index is 378. The van der Waals surface area contributed by atoms with Crippen LogP contribution in [0.2, 0.25) is 0 Å². The normalized spacial score (nSPS) is 18.0. The first-order chi connectivity index (χ1) is 9.70. The van der Waals surface area contributed by atoms with E-state index in [1.165, 1.54) is 37.9 Å². The van der Waals surface area contributed by atoms with Crippen LogP contribution < -0.4 is 5.32 Å². The molecule has 20 heavy (non-hydrogen) atoms. The van der Waals surface area contributed by atoms with Crippen molar-refractivity contribution in [2.24, 2.45) is 11.8 Å². The van der Waals surface area contributed by atoms with Crippen LogP contribution in [-0.4, -0.2) is 24.5 Å². The Labute approximate surface area is 123 Å². The number of likely N-dealkylation sites (tertiary alicyclic amines) is 1. The number of hydrogen-bond donors (Lipinski definition) is 1. The summed E-state index contributed by atoms with van der Waals surface area (Å²) in [5.74, 6) is 2.89. The van der Waals surface area contributed by atoms with Crippen molar-refractivity contribution in [2.45, 2.75) is 53.1 Å². The van der Waals surface area contributed by atoms with E-state index >= 15 is 0 Å². The summed E-state index contributed by atoms with van der Waals surface area (Å²) in [4.78, 5) is 2.54. The maximum atomic E-state index is 5.69. The summed E-state index contributed by atoms with van der Waals surface area (Å²) in [7, 11) is 0. The topological polar surface area (TPSA) is 28.4 Å². The van der Waals surface area contributed by atoms with E-state index in [2.05, 4.69) is 37.1 Å². The molecule has 1 aromatic rings. The lowest BCUT2D eigenvalue weighted by molar-refractivity contribution is 0.143. The molecular weight excluding hydrogens is 248 g/mol. The zero-order valence-electron chi connectivity index (χ0n) is 13.3. The van der Waals surface area contributed by atoms with Crippen LogP contribution >= 0.6 is 0 Å². The van der Waals surface area contributed by atoms with Gasteiger partial charge in [0, 0.05) is 12.1 Å². The van der Waals surface area contributed by atoms with Crippen LogP contribution in [0.3, 0.4) is 0 Å². The van der Waals surface area contributed by atoms with Crippen molar-refractivity contribution in [2.75, 3.05) is 19.6 Å². The van der Waals surface area contributed by atoms with Gasteiger partial charge in [-0.25, -0.2) is 0 Å². The van der Waals surface area contributed by atoms with Crippen molar-refractivity contribution in [1.29, 1.82) is 0 Å². The quantitative estimate of drug-likeness (QED) is 0.772. The van der Waals surface area contributed by atoms with Gasteiger partial charge in [-0.3, -0.25) is 4.90 Å². The average Bonchev–Trinajstić information content (AvgIpc) is 2.87. The Morgan fingerprint density at radius 3 is 2.75 bits per heavy atom. The number of rotatable bonds is 7. The van der Waals surface area contributed by atoms with Crippen molar-refractivity contribution in [1.82, 2.24) is 10.2 Å². The van der Waals surface area contributed by atoms with Crippen LogP contribution in [0.5, 0.6) is 0 Å². The molecule has 2 rings (SSSR count). The summed E-state index contributed by atoms with van der Waals surface area (Å²) in [5, 5.41) is 3.46. The Hall–Kier alpha value is -0.800. The molecule has 1 aromatic heterocycles. The zero-order chi connectivity index (χ0) is 14.4. The molecule has 0 saturated carbocycles. The number of hydrogen-bond acceptors (Lipinski definition) is 3. The van der Waals surface area contributed by atoms with Crippen molar-refractivity contribution in [3.8, 4) is 0 Å². The Morgan fingerprint density at radius 1 is 1.35 bits per heavy atom. The average molecular weight is 278 g/mol. The van der Waals surface area contributed by atoms with E-state index in [4.69, 9.17) is 4.42 Å². The van der Waals surface area contributed by atoms with Crippen LogP contribution in [-0.2, 0) is 13.1 Å². The van der Waals surface area contributed by atoms with Crippen molar-refractivity contribution in [3.63, 3.8) is 0 Å². The third-order valence-corrected chi connectivity index (χ3v) is 4.52. The summed E-state index contributed by atoms with van der Waals surface area (Å²) < 4.78 is 5.69. The Kier molecular flexibility index (Phi) is 6.11. The molecule has 1 aliphatic heterocycles. The van der Waals surface area contributed by atoms with Gasteiger partial charge >= 0.3 is 0 Å². The summed E-state index contributed by atoms with van der Waals surface area (Å²) in [6, 6.07) is 2.11. The summed E-state index contributed by atoms with van der Waals surface area (Å²) in [5.41, 5.74) is 1.32. The van der Waals surface area contributed by atoms with Crippen LogP contribution in [0.15, 0.2) is 16.7 Å². The predicted octanol–water partition coefficient (Wildman–Crippen LogP) is 3.65. The van der Waals surface area contributed by atoms with Gasteiger partial charge in [0.05, 0.1) is 12.8 Å². The van der Waals surface area contributed by atoms with Gasteiger partial charge in [-0.2, -0.15) is 0 Å². The molecular formula is C17H30N2O. The fourth-order valence-corrected chi connectivity index (χ4v) is 3.04.